The van der Waals surface area contributed by atoms with Crippen LogP contribution < -0.4 is 4.90 Å². The number of aromatic nitrogens is 1. The summed E-state index contributed by atoms with van der Waals surface area (Å²) in [7, 11) is 2.01. The number of carbonyl (C=O) groups excluding carboxylic acids is 1. The number of carbonyl (C=O) groups is 1. The SMILES string of the molecule is CN(Cc1cccc2ccccc12)c1ncccc1C(=O)N1CCCCC1. The molecule has 1 amide bonds. The monoisotopic (exact) mass is 359 g/mol. The first kappa shape index (κ1) is 17.5. The van der Waals surface area contributed by atoms with Crippen molar-refractivity contribution >= 4 is 22.5 Å². The fourth-order valence-corrected chi connectivity index (χ4v) is 3.90. The third-order valence-corrected chi connectivity index (χ3v) is 5.31. The van der Waals surface area contributed by atoms with Gasteiger partial charge in [-0.15, -0.1) is 0 Å². The van der Waals surface area contributed by atoms with E-state index in [0.717, 1.165) is 31.7 Å². The van der Waals surface area contributed by atoms with Gasteiger partial charge in [-0.2, -0.15) is 0 Å². The number of hydrogen-bond donors (Lipinski definition) is 0. The number of amides is 1. The molecule has 0 radical (unpaired) electrons. The summed E-state index contributed by atoms with van der Waals surface area (Å²) in [5.74, 6) is 0.851. The normalized spacial score (nSPS) is 14.3. The standard InChI is InChI=1S/C23H25N3O/c1-25(17-19-11-7-10-18-9-3-4-12-20(18)19)22-21(13-8-14-24-22)23(27)26-15-5-2-6-16-26/h3-4,7-14H,2,5-6,15-17H2,1H3. The van der Waals surface area contributed by atoms with E-state index in [1.165, 1.54) is 22.8 Å². The number of piperidine rings is 1. The van der Waals surface area contributed by atoms with Crippen molar-refractivity contribution in [2.45, 2.75) is 25.8 Å². The second-order valence-corrected chi connectivity index (χ2v) is 7.22. The molecule has 1 aromatic heterocycles. The fourth-order valence-electron chi connectivity index (χ4n) is 3.90. The topological polar surface area (TPSA) is 36.4 Å². The van der Waals surface area contributed by atoms with Crippen LogP contribution in [0.4, 0.5) is 5.82 Å². The number of hydrogen-bond acceptors (Lipinski definition) is 3. The van der Waals surface area contributed by atoms with Crippen molar-refractivity contribution < 1.29 is 4.79 Å². The van der Waals surface area contributed by atoms with Crippen molar-refractivity contribution in [3.8, 4) is 0 Å². The zero-order valence-corrected chi connectivity index (χ0v) is 15.8. The van der Waals surface area contributed by atoms with Crippen LogP contribution in [0.3, 0.4) is 0 Å². The van der Waals surface area contributed by atoms with Crippen LogP contribution in [0.2, 0.25) is 0 Å². The number of rotatable bonds is 4. The minimum Gasteiger partial charge on any atom is -0.355 e. The zero-order valence-electron chi connectivity index (χ0n) is 15.8. The van der Waals surface area contributed by atoms with Gasteiger partial charge >= 0.3 is 0 Å². The van der Waals surface area contributed by atoms with E-state index in [2.05, 4.69) is 52.3 Å². The van der Waals surface area contributed by atoms with Gasteiger partial charge < -0.3 is 9.80 Å². The van der Waals surface area contributed by atoms with E-state index < -0.39 is 0 Å². The maximum Gasteiger partial charge on any atom is 0.257 e. The van der Waals surface area contributed by atoms with Crippen molar-refractivity contribution in [1.29, 1.82) is 0 Å². The number of nitrogens with zero attached hydrogens (tertiary/aromatic N) is 3. The van der Waals surface area contributed by atoms with Gasteiger partial charge in [0.05, 0.1) is 5.56 Å². The van der Waals surface area contributed by atoms with E-state index in [1.54, 1.807) is 6.20 Å². The minimum absolute atomic E-state index is 0.0996. The molecular weight excluding hydrogens is 334 g/mol. The first-order chi connectivity index (χ1) is 13.2. The molecule has 0 unspecified atom stereocenters. The highest BCUT2D eigenvalue weighted by atomic mass is 16.2. The van der Waals surface area contributed by atoms with Gasteiger partial charge in [0.2, 0.25) is 0 Å². The second-order valence-electron chi connectivity index (χ2n) is 7.22. The first-order valence-corrected chi connectivity index (χ1v) is 9.66. The predicted molar refractivity (Wildman–Crippen MR) is 110 cm³/mol. The van der Waals surface area contributed by atoms with Crippen LogP contribution in [-0.2, 0) is 6.54 Å². The Balaban J connectivity index is 1.62. The van der Waals surface area contributed by atoms with E-state index in [4.69, 9.17) is 0 Å². The molecule has 1 fully saturated rings. The third kappa shape index (κ3) is 3.65. The van der Waals surface area contributed by atoms with E-state index in [0.29, 0.717) is 12.1 Å². The molecule has 0 N–H and O–H groups in total. The van der Waals surface area contributed by atoms with E-state index in [9.17, 15) is 4.79 Å². The van der Waals surface area contributed by atoms with Crippen LogP contribution in [0.25, 0.3) is 10.8 Å². The number of likely N-dealkylation sites (tertiary alicyclic amines) is 1. The Morgan fingerprint density at radius 2 is 1.78 bits per heavy atom. The van der Waals surface area contributed by atoms with Crippen LogP contribution in [0.15, 0.2) is 60.8 Å². The van der Waals surface area contributed by atoms with Crippen LogP contribution in [-0.4, -0.2) is 35.9 Å². The summed E-state index contributed by atoms with van der Waals surface area (Å²) in [5.41, 5.74) is 1.93. The number of anilines is 1. The van der Waals surface area contributed by atoms with Gasteiger partial charge in [0.15, 0.2) is 0 Å². The summed E-state index contributed by atoms with van der Waals surface area (Å²) in [6, 6.07) is 18.5. The predicted octanol–water partition coefficient (Wildman–Crippen LogP) is 4.50. The van der Waals surface area contributed by atoms with Crippen molar-refractivity contribution in [3.05, 3.63) is 71.9 Å². The molecule has 0 spiro atoms. The molecule has 4 nitrogen and oxygen atoms in total. The van der Waals surface area contributed by atoms with Crippen molar-refractivity contribution in [2.75, 3.05) is 25.0 Å². The molecule has 0 saturated carbocycles. The fraction of sp³-hybridized carbons (Fsp3) is 0.304. The van der Waals surface area contributed by atoms with E-state index >= 15 is 0 Å². The summed E-state index contributed by atoms with van der Waals surface area (Å²) >= 11 is 0. The first-order valence-electron chi connectivity index (χ1n) is 9.66. The summed E-state index contributed by atoms with van der Waals surface area (Å²) in [4.78, 5) is 21.6. The molecule has 0 bridgehead atoms. The maximum absolute atomic E-state index is 13.0. The number of fused-ring (bicyclic) bond motifs is 1. The molecule has 1 saturated heterocycles. The van der Waals surface area contributed by atoms with Gasteiger partial charge in [-0.1, -0.05) is 42.5 Å². The Hall–Kier alpha value is -2.88. The summed E-state index contributed by atoms with van der Waals surface area (Å²) in [6.07, 6.45) is 5.16. The Bertz CT molecular complexity index is 942. The van der Waals surface area contributed by atoms with Crippen molar-refractivity contribution in [1.82, 2.24) is 9.88 Å². The van der Waals surface area contributed by atoms with Gasteiger partial charge in [-0.05, 0) is 47.7 Å². The summed E-state index contributed by atoms with van der Waals surface area (Å²) < 4.78 is 0. The summed E-state index contributed by atoms with van der Waals surface area (Å²) in [6.45, 7) is 2.40. The zero-order chi connectivity index (χ0) is 18.6. The lowest BCUT2D eigenvalue weighted by atomic mass is 10.0. The number of benzene rings is 2. The Kier molecular flexibility index (Phi) is 5.05. The number of pyridine rings is 1. The van der Waals surface area contributed by atoms with Crippen LogP contribution >= 0.6 is 0 Å². The highest BCUT2D eigenvalue weighted by Crippen LogP contribution is 2.24. The summed E-state index contributed by atoms with van der Waals surface area (Å²) in [5, 5.41) is 2.47. The molecule has 0 aliphatic carbocycles. The molecule has 1 aliphatic heterocycles. The Morgan fingerprint density at radius 1 is 1.00 bits per heavy atom. The Morgan fingerprint density at radius 3 is 2.63 bits per heavy atom. The third-order valence-electron chi connectivity index (χ3n) is 5.31. The molecule has 138 valence electrons. The lowest BCUT2D eigenvalue weighted by Gasteiger charge is -2.28. The Labute approximate surface area is 160 Å². The molecule has 0 atom stereocenters. The maximum atomic E-state index is 13.0. The van der Waals surface area contributed by atoms with Crippen molar-refractivity contribution in [3.63, 3.8) is 0 Å². The molecular formula is C23H25N3O. The van der Waals surface area contributed by atoms with Gasteiger partial charge in [0.1, 0.15) is 5.82 Å². The molecule has 4 rings (SSSR count). The van der Waals surface area contributed by atoms with Gasteiger partial charge in [0.25, 0.3) is 5.91 Å². The van der Waals surface area contributed by atoms with Gasteiger partial charge in [-0.3, -0.25) is 4.79 Å². The molecule has 4 heteroatoms. The quantitative estimate of drug-likeness (QED) is 0.688. The second kappa shape index (κ2) is 7.78. The average Bonchev–Trinajstić information content (AvgIpc) is 2.74. The molecule has 27 heavy (non-hydrogen) atoms. The van der Waals surface area contributed by atoms with Gasteiger partial charge in [0, 0.05) is 32.9 Å². The lowest BCUT2D eigenvalue weighted by Crippen LogP contribution is -2.36. The van der Waals surface area contributed by atoms with Crippen LogP contribution in [0, 0.1) is 0 Å². The minimum atomic E-state index is 0.0996. The molecule has 2 aromatic carbocycles. The van der Waals surface area contributed by atoms with E-state index in [-0.39, 0.29) is 5.91 Å². The van der Waals surface area contributed by atoms with Crippen LogP contribution in [0.5, 0.6) is 0 Å². The van der Waals surface area contributed by atoms with Crippen LogP contribution in [0.1, 0.15) is 35.2 Å². The highest BCUT2D eigenvalue weighted by molar-refractivity contribution is 5.99. The molecule has 2 heterocycles. The molecule has 1 aliphatic rings. The lowest BCUT2D eigenvalue weighted by molar-refractivity contribution is 0.0724. The van der Waals surface area contributed by atoms with E-state index in [1.807, 2.05) is 24.1 Å². The molecule has 3 aromatic rings. The highest BCUT2D eigenvalue weighted by Gasteiger charge is 2.22. The van der Waals surface area contributed by atoms with Gasteiger partial charge in [-0.25, -0.2) is 4.98 Å². The smallest absolute Gasteiger partial charge is 0.257 e. The van der Waals surface area contributed by atoms with Crippen molar-refractivity contribution in [2.24, 2.45) is 0 Å². The average molecular weight is 359 g/mol. The largest absolute Gasteiger partial charge is 0.355 e.